The molecule has 0 fully saturated rings. The summed E-state index contributed by atoms with van der Waals surface area (Å²) in [6.07, 6.45) is 4.79. The van der Waals surface area contributed by atoms with Gasteiger partial charge in [-0.05, 0) is 25.1 Å². The Kier molecular flexibility index (Phi) is 6.00. The summed E-state index contributed by atoms with van der Waals surface area (Å²) >= 11 is 0. The van der Waals surface area contributed by atoms with Crippen molar-refractivity contribution in [2.45, 2.75) is 13.0 Å². The monoisotopic (exact) mass is 342 g/mol. The predicted molar refractivity (Wildman–Crippen MR) is 96.7 cm³/mol. The molecule has 1 unspecified atom stereocenters. The fraction of sp³-hybridized carbons (Fsp3) is 0.263. The first-order chi connectivity index (χ1) is 12.0. The van der Waals surface area contributed by atoms with Gasteiger partial charge in [-0.3, -0.25) is 9.59 Å². The van der Waals surface area contributed by atoms with Crippen molar-refractivity contribution in [3.8, 4) is 5.75 Å². The fourth-order valence-corrected chi connectivity index (χ4v) is 2.52. The fourth-order valence-electron chi connectivity index (χ4n) is 2.52. The number of benzene rings is 1. The van der Waals surface area contributed by atoms with Crippen molar-refractivity contribution in [1.82, 2.24) is 10.2 Å². The number of carbonyl (C=O) groups excluding carboxylic acids is 2. The van der Waals surface area contributed by atoms with Gasteiger partial charge in [0.05, 0.1) is 18.8 Å². The van der Waals surface area contributed by atoms with E-state index in [0.717, 1.165) is 5.39 Å². The second-order valence-corrected chi connectivity index (χ2v) is 5.53. The second-order valence-electron chi connectivity index (χ2n) is 5.53. The quantitative estimate of drug-likeness (QED) is 0.749. The summed E-state index contributed by atoms with van der Waals surface area (Å²) in [6, 6.07) is 4.32. The average molecular weight is 342 g/mol. The third-order valence-electron chi connectivity index (χ3n) is 3.74. The molecule has 1 aromatic heterocycles. The third kappa shape index (κ3) is 4.09. The summed E-state index contributed by atoms with van der Waals surface area (Å²) in [4.78, 5) is 26.5. The van der Waals surface area contributed by atoms with Crippen LogP contribution in [0.4, 0.5) is 0 Å². The number of fused-ring (bicyclic) bond motifs is 1. The first kappa shape index (κ1) is 18.3. The molecule has 0 bridgehead atoms. The summed E-state index contributed by atoms with van der Waals surface area (Å²) < 4.78 is 10.6. The molecule has 0 spiro atoms. The molecular formula is C19H22N2O4. The molecule has 0 radical (unpaired) electrons. The van der Waals surface area contributed by atoms with E-state index in [0.29, 0.717) is 30.0 Å². The molecule has 2 amide bonds. The highest BCUT2D eigenvalue weighted by molar-refractivity contribution is 6.01. The van der Waals surface area contributed by atoms with Crippen molar-refractivity contribution in [2.75, 3.05) is 20.2 Å². The van der Waals surface area contributed by atoms with E-state index in [4.69, 9.17) is 9.15 Å². The number of ether oxygens (including phenoxy) is 1. The highest BCUT2D eigenvalue weighted by Gasteiger charge is 2.22. The van der Waals surface area contributed by atoms with Crippen molar-refractivity contribution < 1.29 is 18.7 Å². The lowest BCUT2D eigenvalue weighted by molar-refractivity contribution is -0.131. The molecule has 2 rings (SSSR count). The minimum absolute atomic E-state index is 0.209. The zero-order chi connectivity index (χ0) is 18.4. The number of rotatable bonds is 8. The molecule has 0 aliphatic rings. The van der Waals surface area contributed by atoms with Gasteiger partial charge in [0.25, 0.3) is 5.91 Å². The molecule has 1 heterocycles. The minimum atomic E-state index is -0.689. The van der Waals surface area contributed by atoms with E-state index >= 15 is 0 Å². The number of hydrogen-bond donors (Lipinski definition) is 1. The van der Waals surface area contributed by atoms with E-state index in [1.54, 1.807) is 42.2 Å². The second kappa shape index (κ2) is 8.19. The summed E-state index contributed by atoms with van der Waals surface area (Å²) in [7, 11) is 1.53. The predicted octanol–water partition coefficient (Wildman–Crippen LogP) is 2.76. The normalized spacial score (nSPS) is 11.6. The van der Waals surface area contributed by atoms with Crippen LogP contribution in [0.2, 0.25) is 0 Å². The number of hydrogen-bond acceptors (Lipinski definition) is 4. The Hall–Kier alpha value is -3.02. The minimum Gasteiger partial charge on any atom is -0.496 e. The highest BCUT2D eigenvalue weighted by Crippen LogP contribution is 2.28. The zero-order valence-electron chi connectivity index (χ0n) is 14.5. The Morgan fingerprint density at radius 2 is 2.00 bits per heavy atom. The molecule has 1 N–H and O–H groups in total. The number of nitrogens with one attached hydrogen (secondary N) is 1. The van der Waals surface area contributed by atoms with Gasteiger partial charge in [-0.1, -0.05) is 12.2 Å². The lowest BCUT2D eigenvalue weighted by Gasteiger charge is -2.24. The molecule has 132 valence electrons. The Balaban J connectivity index is 2.16. The molecule has 2 aromatic rings. The van der Waals surface area contributed by atoms with Crippen LogP contribution >= 0.6 is 0 Å². The van der Waals surface area contributed by atoms with E-state index in [9.17, 15) is 9.59 Å². The summed E-state index contributed by atoms with van der Waals surface area (Å²) in [5.74, 6) is -0.0517. The molecular weight excluding hydrogens is 320 g/mol. The van der Waals surface area contributed by atoms with Crippen LogP contribution in [0.25, 0.3) is 11.0 Å². The lowest BCUT2D eigenvalue weighted by atomic mass is 10.1. The Bertz CT molecular complexity index is 784. The van der Waals surface area contributed by atoms with Crippen LogP contribution < -0.4 is 10.1 Å². The van der Waals surface area contributed by atoms with Gasteiger partial charge in [-0.15, -0.1) is 13.2 Å². The standard InChI is InChI=1S/C19H22N2O4/c1-5-8-21(9-6-2)19(23)13(3)20-18(22)14-11-16(24-4)15-7-10-25-17(15)12-14/h5-7,10-13H,1-2,8-9H2,3-4H3,(H,20,22). The van der Waals surface area contributed by atoms with E-state index in [-0.39, 0.29) is 11.8 Å². The molecule has 6 nitrogen and oxygen atoms in total. The van der Waals surface area contributed by atoms with E-state index in [2.05, 4.69) is 18.5 Å². The molecule has 25 heavy (non-hydrogen) atoms. The lowest BCUT2D eigenvalue weighted by Crippen LogP contribution is -2.47. The van der Waals surface area contributed by atoms with Crippen LogP contribution in [-0.2, 0) is 4.79 Å². The van der Waals surface area contributed by atoms with Crippen LogP contribution in [0.15, 0.2) is 54.2 Å². The molecule has 0 saturated carbocycles. The number of amides is 2. The molecule has 0 saturated heterocycles. The number of furan rings is 1. The molecule has 1 atom stereocenters. The maximum Gasteiger partial charge on any atom is 0.252 e. The smallest absolute Gasteiger partial charge is 0.252 e. The van der Waals surface area contributed by atoms with Gasteiger partial charge < -0.3 is 19.4 Å². The van der Waals surface area contributed by atoms with Crippen molar-refractivity contribution in [3.63, 3.8) is 0 Å². The maximum atomic E-state index is 12.5. The molecule has 0 aliphatic heterocycles. The maximum absolute atomic E-state index is 12.5. The van der Waals surface area contributed by atoms with Gasteiger partial charge in [0.1, 0.15) is 17.4 Å². The molecule has 0 aliphatic carbocycles. The van der Waals surface area contributed by atoms with Crippen molar-refractivity contribution in [1.29, 1.82) is 0 Å². The van der Waals surface area contributed by atoms with Crippen molar-refractivity contribution >= 4 is 22.8 Å². The van der Waals surface area contributed by atoms with Crippen LogP contribution in [-0.4, -0.2) is 43.0 Å². The van der Waals surface area contributed by atoms with Crippen LogP contribution in [0.3, 0.4) is 0 Å². The Morgan fingerprint density at radius 1 is 1.32 bits per heavy atom. The summed E-state index contributed by atoms with van der Waals surface area (Å²) in [5.41, 5.74) is 0.904. The Morgan fingerprint density at radius 3 is 2.60 bits per heavy atom. The molecule has 6 heteroatoms. The van der Waals surface area contributed by atoms with Crippen molar-refractivity contribution in [2.24, 2.45) is 0 Å². The van der Waals surface area contributed by atoms with Gasteiger partial charge in [0, 0.05) is 18.7 Å². The molecule has 1 aromatic carbocycles. The average Bonchev–Trinajstić information content (AvgIpc) is 3.08. The third-order valence-corrected chi connectivity index (χ3v) is 3.74. The van der Waals surface area contributed by atoms with E-state index in [1.807, 2.05) is 0 Å². The highest BCUT2D eigenvalue weighted by atomic mass is 16.5. The van der Waals surface area contributed by atoms with Crippen LogP contribution in [0.5, 0.6) is 5.75 Å². The van der Waals surface area contributed by atoms with Crippen molar-refractivity contribution in [3.05, 3.63) is 55.3 Å². The first-order valence-corrected chi connectivity index (χ1v) is 7.88. The zero-order valence-corrected chi connectivity index (χ0v) is 14.5. The van der Waals surface area contributed by atoms with Gasteiger partial charge in [0.2, 0.25) is 5.91 Å². The summed E-state index contributed by atoms with van der Waals surface area (Å²) in [5, 5.41) is 3.49. The van der Waals surface area contributed by atoms with Gasteiger partial charge >= 0.3 is 0 Å². The number of methoxy groups -OCH3 is 1. The first-order valence-electron chi connectivity index (χ1n) is 7.88. The van der Waals surface area contributed by atoms with Gasteiger partial charge in [0.15, 0.2) is 0 Å². The largest absolute Gasteiger partial charge is 0.496 e. The van der Waals surface area contributed by atoms with Crippen LogP contribution in [0.1, 0.15) is 17.3 Å². The van der Waals surface area contributed by atoms with Gasteiger partial charge in [-0.25, -0.2) is 0 Å². The topological polar surface area (TPSA) is 71.8 Å². The van der Waals surface area contributed by atoms with Gasteiger partial charge in [-0.2, -0.15) is 0 Å². The Labute approximate surface area is 146 Å². The van der Waals surface area contributed by atoms with E-state index in [1.165, 1.54) is 13.4 Å². The number of carbonyl (C=O) groups is 2. The van der Waals surface area contributed by atoms with E-state index < -0.39 is 6.04 Å². The number of nitrogens with zero attached hydrogens (tertiary/aromatic N) is 1. The SMILES string of the molecule is C=CCN(CC=C)C(=O)C(C)NC(=O)c1cc(OC)c2ccoc2c1. The van der Waals surface area contributed by atoms with Crippen LogP contribution in [0, 0.1) is 0 Å². The summed E-state index contributed by atoms with van der Waals surface area (Å²) in [6.45, 7) is 9.69.